The van der Waals surface area contributed by atoms with E-state index < -0.39 is 10.1 Å². The Morgan fingerprint density at radius 3 is 2.19 bits per heavy atom. The quantitative estimate of drug-likeness (QED) is 0.571. The van der Waals surface area contributed by atoms with E-state index in [4.69, 9.17) is 16.2 Å². The average Bonchev–Trinajstić information content (AvgIpc) is 2.16. The Morgan fingerprint density at radius 2 is 1.62 bits per heavy atom. The molecule has 0 aromatic heterocycles. The molecule has 0 radical (unpaired) electrons. The smallest absolute Gasteiger partial charge is 0.282 e. The van der Waals surface area contributed by atoms with Crippen molar-refractivity contribution in [1.29, 1.82) is 0 Å². The number of hydrogen-bond acceptors (Lipinski definition) is 2. The molecule has 3 nitrogen and oxygen atoms in total. The normalized spacial score (nSPS) is 11.1. The Balaban J connectivity index is 0.00000128. The molecule has 6 heteroatoms. The summed E-state index contributed by atoms with van der Waals surface area (Å²) < 4.78 is 31.2. The predicted octanol–water partition coefficient (Wildman–Crippen LogP) is -0.256. The van der Waals surface area contributed by atoms with Gasteiger partial charge in [-0.2, -0.15) is 8.42 Å². The van der Waals surface area contributed by atoms with E-state index in [-0.39, 0.29) is 34.5 Å². The van der Waals surface area contributed by atoms with Crippen LogP contribution in [0.3, 0.4) is 0 Å². The summed E-state index contributed by atoms with van der Waals surface area (Å²) in [5, 5.41) is 1.34. The Bertz CT molecular complexity index is 620. The number of hydrogen-bond donors (Lipinski definition) is 1. The number of halogens is 1. The van der Waals surface area contributed by atoms with Gasteiger partial charge in [-0.15, -0.1) is 0 Å². The summed E-state index contributed by atoms with van der Waals surface area (Å²) in [7, 11) is -4.24. The summed E-state index contributed by atoms with van der Waals surface area (Å²) in [4.78, 5) is -0.161. The number of rotatable bonds is 1. The first-order valence-electron chi connectivity index (χ1n) is 4.15. The van der Waals surface area contributed by atoms with Crippen LogP contribution >= 0.6 is 11.6 Å². The third-order valence-electron chi connectivity index (χ3n) is 2.09. The zero-order valence-corrected chi connectivity index (χ0v) is 12.1. The van der Waals surface area contributed by atoms with Crippen LogP contribution in [0.25, 0.3) is 10.8 Å². The molecule has 78 valence electrons. The molecule has 0 bridgehead atoms. The molecular formula is C10H7ClNaO3S+. The molecule has 0 aliphatic rings. The molecular weight excluding hydrogens is 259 g/mol. The van der Waals surface area contributed by atoms with Crippen LogP contribution in [0.1, 0.15) is 0 Å². The zero-order chi connectivity index (χ0) is 11.1. The fraction of sp³-hybridized carbons (Fsp3) is 0. The van der Waals surface area contributed by atoms with Crippen molar-refractivity contribution in [3.05, 3.63) is 41.4 Å². The third-order valence-corrected chi connectivity index (χ3v) is 3.30. The van der Waals surface area contributed by atoms with Crippen molar-refractivity contribution in [2.24, 2.45) is 0 Å². The first kappa shape index (κ1) is 14.0. The molecule has 2 aromatic rings. The van der Waals surface area contributed by atoms with Crippen LogP contribution in [0, 0.1) is 0 Å². The molecule has 0 saturated heterocycles. The van der Waals surface area contributed by atoms with Crippen LogP contribution in [0.15, 0.2) is 41.3 Å². The van der Waals surface area contributed by atoms with E-state index >= 15 is 0 Å². The van der Waals surface area contributed by atoms with Gasteiger partial charge in [0.15, 0.2) is 0 Å². The Kier molecular flexibility index (Phi) is 4.40. The van der Waals surface area contributed by atoms with E-state index in [1.807, 2.05) is 0 Å². The maximum Gasteiger partial charge on any atom is 1.00 e. The fourth-order valence-corrected chi connectivity index (χ4v) is 2.55. The zero-order valence-electron chi connectivity index (χ0n) is 8.51. The molecule has 0 spiro atoms. The summed E-state index contributed by atoms with van der Waals surface area (Å²) in [5.74, 6) is 0. The largest absolute Gasteiger partial charge is 1.00 e. The molecule has 0 saturated carbocycles. The molecule has 2 rings (SSSR count). The van der Waals surface area contributed by atoms with Crippen LogP contribution in [0.5, 0.6) is 0 Å². The summed E-state index contributed by atoms with van der Waals surface area (Å²) in [6.07, 6.45) is 0. The van der Waals surface area contributed by atoms with Gasteiger partial charge in [0.1, 0.15) is 4.90 Å². The topological polar surface area (TPSA) is 54.4 Å². The van der Waals surface area contributed by atoms with Crippen molar-refractivity contribution in [3.8, 4) is 0 Å². The van der Waals surface area contributed by atoms with E-state index in [1.165, 1.54) is 6.07 Å². The maximum absolute atomic E-state index is 11.1. The molecule has 0 atom stereocenters. The summed E-state index contributed by atoms with van der Waals surface area (Å²) in [5.41, 5.74) is 0. The van der Waals surface area contributed by atoms with Crippen LogP contribution in [0.2, 0.25) is 5.02 Å². The Morgan fingerprint density at radius 1 is 1.06 bits per heavy atom. The van der Waals surface area contributed by atoms with Crippen molar-refractivity contribution in [2.45, 2.75) is 4.90 Å². The molecule has 0 aliphatic carbocycles. The van der Waals surface area contributed by atoms with E-state index in [0.717, 1.165) is 0 Å². The van der Waals surface area contributed by atoms with Crippen molar-refractivity contribution in [1.82, 2.24) is 0 Å². The number of fused-ring (bicyclic) bond motifs is 1. The molecule has 0 fully saturated rings. The summed E-state index contributed by atoms with van der Waals surface area (Å²) in [6.45, 7) is 0. The minimum absolute atomic E-state index is 0. The SMILES string of the molecule is O=S(=O)(O)c1cccc2cccc(Cl)c12.[Na+]. The van der Waals surface area contributed by atoms with Gasteiger partial charge < -0.3 is 0 Å². The first-order chi connectivity index (χ1) is 7.00. The summed E-state index contributed by atoms with van der Waals surface area (Å²) in [6, 6.07) is 9.65. The van der Waals surface area contributed by atoms with Gasteiger partial charge in [0, 0.05) is 10.4 Å². The van der Waals surface area contributed by atoms with E-state index in [1.54, 1.807) is 30.3 Å². The molecule has 1 N–H and O–H groups in total. The van der Waals surface area contributed by atoms with Gasteiger partial charge in [0.25, 0.3) is 10.1 Å². The van der Waals surface area contributed by atoms with Crippen molar-refractivity contribution >= 4 is 32.5 Å². The van der Waals surface area contributed by atoms with Crippen LogP contribution in [-0.4, -0.2) is 13.0 Å². The first-order valence-corrected chi connectivity index (χ1v) is 5.97. The van der Waals surface area contributed by atoms with Crippen molar-refractivity contribution in [2.75, 3.05) is 0 Å². The van der Waals surface area contributed by atoms with Crippen LogP contribution in [-0.2, 0) is 10.1 Å². The number of benzene rings is 2. The van der Waals surface area contributed by atoms with Gasteiger partial charge in [0.05, 0.1) is 0 Å². The van der Waals surface area contributed by atoms with E-state index in [9.17, 15) is 8.42 Å². The average molecular weight is 266 g/mol. The van der Waals surface area contributed by atoms with Crippen molar-refractivity contribution in [3.63, 3.8) is 0 Å². The van der Waals surface area contributed by atoms with Crippen LogP contribution in [0.4, 0.5) is 0 Å². The van der Waals surface area contributed by atoms with Gasteiger partial charge in [0.2, 0.25) is 0 Å². The van der Waals surface area contributed by atoms with Gasteiger partial charge >= 0.3 is 29.6 Å². The minimum atomic E-state index is -4.24. The maximum atomic E-state index is 11.1. The summed E-state index contributed by atoms with van der Waals surface area (Å²) >= 11 is 5.89. The fourth-order valence-electron chi connectivity index (χ4n) is 1.48. The third kappa shape index (κ3) is 2.59. The molecule has 0 aliphatic heterocycles. The monoisotopic (exact) mass is 265 g/mol. The minimum Gasteiger partial charge on any atom is -0.282 e. The molecule has 0 unspecified atom stereocenters. The van der Waals surface area contributed by atoms with Gasteiger partial charge in [-0.05, 0) is 17.5 Å². The van der Waals surface area contributed by atoms with Gasteiger partial charge in [-0.1, -0.05) is 35.9 Å². The second-order valence-electron chi connectivity index (χ2n) is 3.07. The van der Waals surface area contributed by atoms with Crippen LogP contribution < -0.4 is 29.6 Å². The standard InChI is InChI=1S/C10H7ClO3S.Na/c11-8-5-1-3-7-4-2-6-9(10(7)8)15(12,13)14;/h1-6H,(H,12,13,14);/q;+1. The van der Waals surface area contributed by atoms with E-state index in [0.29, 0.717) is 15.8 Å². The van der Waals surface area contributed by atoms with E-state index in [2.05, 4.69) is 0 Å². The van der Waals surface area contributed by atoms with Gasteiger partial charge in [-0.25, -0.2) is 0 Å². The predicted molar refractivity (Wildman–Crippen MR) is 58.8 cm³/mol. The van der Waals surface area contributed by atoms with Gasteiger partial charge in [-0.3, -0.25) is 4.55 Å². The molecule has 16 heavy (non-hydrogen) atoms. The molecule has 2 aromatic carbocycles. The molecule has 0 heterocycles. The second kappa shape index (κ2) is 5.04. The Hall–Kier alpha value is -0.1000. The molecule has 0 amide bonds. The Labute approximate surface area is 120 Å². The van der Waals surface area contributed by atoms with Crippen molar-refractivity contribution < 1.29 is 42.5 Å². The second-order valence-corrected chi connectivity index (χ2v) is 4.87.